The molecule has 0 aromatic heterocycles. The Bertz CT molecular complexity index is 584. The Labute approximate surface area is 144 Å². The molecule has 0 radical (unpaired) electrons. The highest BCUT2D eigenvalue weighted by atomic mass is 79.9. The van der Waals surface area contributed by atoms with Crippen LogP contribution in [0.3, 0.4) is 0 Å². The molecule has 5 nitrogen and oxygen atoms in total. The Morgan fingerprint density at radius 1 is 1.43 bits per heavy atom. The lowest BCUT2D eigenvalue weighted by molar-refractivity contribution is -0.136. The van der Waals surface area contributed by atoms with Crippen LogP contribution in [0.1, 0.15) is 26.2 Å². The van der Waals surface area contributed by atoms with E-state index in [1.54, 1.807) is 13.0 Å². The molecule has 1 aromatic rings. The van der Waals surface area contributed by atoms with Crippen LogP contribution in [0, 0.1) is 11.8 Å². The van der Waals surface area contributed by atoms with E-state index in [1.165, 1.54) is 0 Å². The second-order valence-corrected chi connectivity index (χ2v) is 5.67. The standard InChI is InChI=1S/C17H19BrO5/c1-2-20-16(19)6-5-11-21-15-12-13(8-9-14(15)18)23-17-7-3-4-10-22-17/h8-9,12,17H,2-4,7,10-11H2,1H3. The summed E-state index contributed by atoms with van der Waals surface area (Å²) in [6, 6.07) is 5.46. The van der Waals surface area contributed by atoms with Gasteiger partial charge in [0.2, 0.25) is 0 Å². The van der Waals surface area contributed by atoms with Gasteiger partial charge < -0.3 is 18.9 Å². The van der Waals surface area contributed by atoms with Crippen molar-refractivity contribution in [1.82, 2.24) is 0 Å². The predicted molar refractivity (Wildman–Crippen MR) is 88.3 cm³/mol. The van der Waals surface area contributed by atoms with E-state index in [2.05, 4.69) is 27.8 Å². The molecule has 2 rings (SSSR count). The fraction of sp³-hybridized carbons (Fsp3) is 0.471. The molecule has 0 amide bonds. The highest BCUT2D eigenvalue weighted by Crippen LogP contribution is 2.30. The van der Waals surface area contributed by atoms with Crippen LogP contribution in [0.5, 0.6) is 11.5 Å². The van der Waals surface area contributed by atoms with Crippen LogP contribution in [0.4, 0.5) is 0 Å². The van der Waals surface area contributed by atoms with Crippen molar-refractivity contribution in [1.29, 1.82) is 0 Å². The summed E-state index contributed by atoms with van der Waals surface area (Å²) >= 11 is 3.41. The van der Waals surface area contributed by atoms with Crippen molar-refractivity contribution in [3.8, 4) is 23.3 Å². The van der Waals surface area contributed by atoms with E-state index in [0.717, 1.165) is 30.3 Å². The van der Waals surface area contributed by atoms with Gasteiger partial charge in [-0.15, -0.1) is 0 Å². The second kappa shape index (κ2) is 9.43. The van der Waals surface area contributed by atoms with Crippen LogP contribution < -0.4 is 9.47 Å². The van der Waals surface area contributed by atoms with Gasteiger partial charge in [-0.1, -0.05) is 0 Å². The molecule has 1 atom stereocenters. The molecule has 0 spiro atoms. The summed E-state index contributed by atoms with van der Waals surface area (Å²) < 4.78 is 22.4. The quantitative estimate of drug-likeness (QED) is 0.444. The molecule has 124 valence electrons. The Kier molecular flexibility index (Phi) is 7.24. The molecule has 1 saturated heterocycles. The van der Waals surface area contributed by atoms with Gasteiger partial charge in [0.1, 0.15) is 18.1 Å². The summed E-state index contributed by atoms with van der Waals surface area (Å²) in [5, 5.41) is 0. The van der Waals surface area contributed by atoms with Gasteiger partial charge in [-0.25, -0.2) is 4.79 Å². The minimum atomic E-state index is -0.554. The molecule has 1 aliphatic heterocycles. The van der Waals surface area contributed by atoms with E-state index in [9.17, 15) is 4.79 Å². The zero-order valence-electron chi connectivity index (χ0n) is 13.0. The number of carbonyl (C=O) groups excluding carboxylic acids is 1. The van der Waals surface area contributed by atoms with Gasteiger partial charge in [-0.3, -0.25) is 0 Å². The summed E-state index contributed by atoms with van der Waals surface area (Å²) in [4.78, 5) is 11.1. The molecule has 6 heteroatoms. The maximum atomic E-state index is 11.1. The van der Waals surface area contributed by atoms with E-state index >= 15 is 0 Å². The largest absolute Gasteiger partial charge is 0.480 e. The summed E-state index contributed by atoms with van der Waals surface area (Å²) in [5.74, 6) is 5.68. The number of ether oxygens (including phenoxy) is 4. The Balaban J connectivity index is 1.90. The van der Waals surface area contributed by atoms with Gasteiger partial charge in [0, 0.05) is 18.4 Å². The SMILES string of the molecule is CCOC(=O)C#CCOc1cc(OC2CCCCO2)ccc1Br. The minimum Gasteiger partial charge on any atom is -0.480 e. The first kappa shape index (κ1) is 17.6. The zero-order valence-corrected chi connectivity index (χ0v) is 14.6. The van der Waals surface area contributed by atoms with Crippen molar-refractivity contribution in [2.24, 2.45) is 0 Å². The summed E-state index contributed by atoms with van der Waals surface area (Å²) in [6.07, 6.45) is 2.86. The Hall–Kier alpha value is -1.71. The van der Waals surface area contributed by atoms with Crippen molar-refractivity contribution in [2.45, 2.75) is 32.5 Å². The lowest BCUT2D eigenvalue weighted by Crippen LogP contribution is -2.24. The lowest BCUT2D eigenvalue weighted by atomic mass is 10.2. The van der Waals surface area contributed by atoms with Crippen LogP contribution in [0.15, 0.2) is 22.7 Å². The molecular weight excluding hydrogens is 364 g/mol. The summed E-state index contributed by atoms with van der Waals surface area (Å²) in [7, 11) is 0. The molecule has 0 saturated carbocycles. The van der Waals surface area contributed by atoms with Crippen molar-refractivity contribution in [2.75, 3.05) is 19.8 Å². The van der Waals surface area contributed by atoms with Crippen LogP contribution >= 0.6 is 15.9 Å². The fourth-order valence-corrected chi connectivity index (χ4v) is 2.37. The molecule has 1 aromatic carbocycles. The number of hydrogen-bond donors (Lipinski definition) is 0. The van der Waals surface area contributed by atoms with Gasteiger partial charge in [0.15, 0.2) is 6.29 Å². The average Bonchev–Trinajstić information content (AvgIpc) is 2.55. The number of carbonyl (C=O) groups is 1. The smallest absolute Gasteiger partial charge is 0.384 e. The van der Waals surface area contributed by atoms with Crippen molar-refractivity contribution >= 4 is 21.9 Å². The predicted octanol–water partition coefficient (Wildman–Crippen LogP) is 3.30. The van der Waals surface area contributed by atoms with Gasteiger partial charge >= 0.3 is 5.97 Å². The topological polar surface area (TPSA) is 54.0 Å². The third kappa shape index (κ3) is 6.12. The number of hydrogen-bond acceptors (Lipinski definition) is 5. The first-order chi connectivity index (χ1) is 11.2. The van der Waals surface area contributed by atoms with Crippen LogP contribution in [0.25, 0.3) is 0 Å². The van der Waals surface area contributed by atoms with Crippen LogP contribution in [0.2, 0.25) is 0 Å². The van der Waals surface area contributed by atoms with Gasteiger partial charge in [-0.2, -0.15) is 0 Å². The van der Waals surface area contributed by atoms with Crippen LogP contribution in [-0.4, -0.2) is 32.1 Å². The number of halogens is 1. The number of rotatable bonds is 5. The van der Waals surface area contributed by atoms with Crippen LogP contribution in [-0.2, 0) is 14.3 Å². The Morgan fingerprint density at radius 3 is 3.04 bits per heavy atom. The third-order valence-electron chi connectivity index (χ3n) is 3.07. The fourth-order valence-electron chi connectivity index (χ4n) is 2.01. The van der Waals surface area contributed by atoms with Crippen molar-refractivity contribution in [3.63, 3.8) is 0 Å². The molecule has 0 bridgehead atoms. The number of benzene rings is 1. The first-order valence-corrected chi connectivity index (χ1v) is 8.34. The number of esters is 1. The van der Waals surface area contributed by atoms with E-state index in [-0.39, 0.29) is 12.9 Å². The lowest BCUT2D eigenvalue weighted by Gasteiger charge is -2.23. The van der Waals surface area contributed by atoms with E-state index < -0.39 is 5.97 Å². The maximum absolute atomic E-state index is 11.1. The minimum absolute atomic E-state index is 0.0841. The van der Waals surface area contributed by atoms with E-state index in [4.69, 9.17) is 18.9 Å². The van der Waals surface area contributed by atoms with Gasteiger partial charge in [-0.05, 0) is 53.7 Å². The van der Waals surface area contributed by atoms with Gasteiger partial charge in [0.05, 0.1) is 17.7 Å². The molecule has 23 heavy (non-hydrogen) atoms. The molecule has 1 fully saturated rings. The molecule has 0 N–H and O–H groups in total. The second-order valence-electron chi connectivity index (χ2n) is 4.82. The maximum Gasteiger partial charge on any atom is 0.384 e. The van der Waals surface area contributed by atoms with E-state index in [1.807, 2.05) is 12.1 Å². The molecule has 1 aliphatic rings. The van der Waals surface area contributed by atoms with Gasteiger partial charge in [0.25, 0.3) is 0 Å². The molecule has 1 unspecified atom stereocenters. The third-order valence-corrected chi connectivity index (χ3v) is 3.73. The summed E-state index contributed by atoms with van der Waals surface area (Å²) in [6.45, 7) is 2.85. The highest BCUT2D eigenvalue weighted by Gasteiger charge is 2.15. The highest BCUT2D eigenvalue weighted by molar-refractivity contribution is 9.10. The Morgan fingerprint density at radius 2 is 2.30 bits per heavy atom. The van der Waals surface area contributed by atoms with E-state index in [0.29, 0.717) is 18.1 Å². The zero-order chi connectivity index (χ0) is 16.5. The first-order valence-electron chi connectivity index (χ1n) is 7.55. The average molecular weight is 383 g/mol. The normalized spacial score (nSPS) is 16.9. The molecule has 1 heterocycles. The van der Waals surface area contributed by atoms with Crippen molar-refractivity contribution < 1.29 is 23.7 Å². The molecule has 0 aliphatic carbocycles. The molecular formula is C17H19BrO5. The van der Waals surface area contributed by atoms with Crippen molar-refractivity contribution in [3.05, 3.63) is 22.7 Å². The summed E-state index contributed by atoms with van der Waals surface area (Å²) in [5.41, 5.74) is 0. The monoisotopic (exact) mass is 382 g/mol.